The number of imidazole rings is 1. The van der Waals surface area contributed by atoms with Crippen LogP contribution in [0, 0.1) is 18.5 Å². The molecule has 288 valence electrons. The zero-order valence-electron chi connectivity index (χ0n) is 35.2. The Bertz CT molecular complexity index is 2720. The van der Waals surface area contributed by atoms with Gasteiger partial charge in [-0.15, -0.1) is 17.5 Å². The summed E-state index contributed by atoms with van der Waals surface area (Å²) in [6, 6.07) is 39.8. The van der Waals surface area contributed by atoms with E-state index < -0.39 is 11.8 Å². The fourth-order valence-corrected chi connectivity index (χ4v) is 7.70. The van der Waals surface area contributed by atoms with Gasteiger partial charge in [0.15, 0.2) is 0 Å². The molecule has 0 aliphatic heterocycles. The third-order valence-corrected chi connectivity index (χ3v) is 10.8. The number of rotatable bonds is 11. The van der Waals surface area contributed by atoms with Crippen molar-refractivity contribution in [3.05, 3.63) is 145 Å². The number of pyridine rings is 2. The summed E-state index contributed by atoms with van der Waals surface area (Å²) in [7, 11) is 0. The molecule has 4 heterocycles. The number of para-hydroxylation sites is 3. The number of hydrogen-bond donors (Lipinski definition) is 0. The first-order valence-corrected chi connectivity index (χ1v) is 19.5. The first kappa shape index (κ1) is 36.6. The summed E-state index contributed by atoms with van der Waals surface area (Å²) in [4.78, 5) is 9.55. The summed E-state index contributed by atoms with van der Waals surface area (Å²) < 4.78 is 31.4. The minimum absolute atomic E-state index is 0. The van der Waals surface area contributed by atoms with Crippen molar-refractivity contribution in [1.82, 2.24) is 19.1 Å². The first-order chi connectivity index (χ1) is 27.4. The molecule has 0 unspecified atom stereocenters. The Kier molecular flexibility index (Phi) is 10.6. The Balaban J connectivity index is 0.00000512. The Hall–Kier alpha value is -5.06. The van der Waals surface area contributed by atoms with Gasteiger partial charge in [-0.25, -0.2) is 4.98 Å². The number of hydrogen-bond acceptors (Lipinski definition) is 3. The molecule has 4 aromatic heterocycles. The largest absolute Gasteiger partial charge is 0.522 e. The quantitative estimate of drug-likeness (QED) is 0.0959. The second-order valence-electron chi connectivity index (χ2n) is 15.1. The van der Waals surface area contributed by atoms with Crippen LogP contribution in [0.4, 0.5) is 0 Å². The van der Waals surface area contributed by atoms with E-state index in [4.69, 9.17) is 14.7 Å². The van der Waals surface area contributed by atoms with E-state index in [1.165, 1.54) is 5.56 Å². The maximum atomic E-state index is 9.39. The fraction of sp³-hybridized carbons (Fsp3) is 0.286. The van der Waals surface area contributed by atoms with Crippen LogP contribution in [-0.2, 0) is 26.5 Å². The van der Waals surface area contributed by atoms with E-state index in [-0.39, 0.29) is 26.5 Å². The van der Waals surface area contributed by atoms with E-state index in [0.29, 0.717) is 43.0 Å². The first-order valence-electron chi connectivity index (χ1n) is 20.5. The standard InChI is InChI=1S/C49H49N5O.Pt/c1-8-33(9-2)35-26-36(34(10-3)11-4)28-38(27-35)52-32-53(45-19-15-14-18-44(45)52)47-31-40(23-25-50-47)55-39-20-21-42-41-16-12-13-17-43(41)54(46(42)30-39)48-29-37(22-24-51-48)49(5,6)7;/h12-29,33-34H,8-11H2,1-7H3;/q-2;/i33D,34D;. The normalized spacial score (nSPS) is 12.8. The molecule has 0 aliphatic rings. The molecule has 0 bridgehead atoms. The van der Waals surface area contributed by atoms with Crippen LogP contribution in [-0.4, -0.2) is 19.1 Å². The van der Waals surface area contributed by atoms with Crippen LogP contribution in [0.3, 0.4) is 0 Å². The van der Waals surface area contributed by atoms with Crippen molar-refractivity contribution in [2.75, 3.05) is 0 Å². The van der Waals surface area contributed by atoms with Crippen LogP contribution >= 0.6 is 0 Å². The summed E-state index contributed by atoms with van der Waals surface area (Å²) in [5, 5.41) is 2.18. The maximum Gasteiger partial charge on any atom is 0.269 e. The zero-order chi connectivity index (χ0) is 40.1. The zero-order valence-corrected chi connectivity index (χ0v) is 35.5. The van der Waals surface area contributed by atoms with E-state index in [0.717, 1.165) is 55.5 Å². The SMILES string of the molecule is [2H]C(CC)(CC)c1cc(-[n+]2[c-]n(-c3[c-]c(Oc4[c-]c5c(cc4)c4ccccc4n5-c4cc(C(C)(C)C)ccn4)ccn3)c3ccccc32)cc(C([2H])(CC)CC)c1.[Pt]. The van der Waals surface area contributed by atoms with Crippen molar-refractivity contribution >= 4 is 32.8 Å². The maximum absolute atomic E-state index is 9.39. The molecule has 0 N–H and O–H groups in total. The van der Waals surface area contributed by atoms with E-state index in [2.05, 4.69) is 138 Å². The number of nitrogens with zero attached hydrogens (tertiary/aromatic N) is 5. The summed E-state index contributed by atoms with van der Waals surface area (Å²) in [5.74, 6) is 0.845. The van der Waals surface area contributed by atoms with Crippen molar-refractivity contribution in [3.8, 4) is 28.8 Å². The van der Waals surface area contributed by atoms with Crippen LogP contribution < -0.4 is 9.30 Å². The second-order valence-corrected chi connectivity index (χ2v) is 15.1. The van der Waals surface area contributed by atoms with Crippen LogP contribution in [0.15, 0.2) is 109 Å². The van der Waals surface area contributed by atoms with Gasteiger partial charge in [0, 0.05) is 41.3 Å². The molecule has 8 rings (SSSR count). The molecule has 0 radical (unpaired) electrons. The van der Waals surface area contributed by atoms with Gasteiger partial charge in [0.05, 0.1) is 22.5 Å². The van der Waals surface area contributed by atoms with Gasteiger partial charge in [-0.05, 0) is 101 Å². The third kappa shape index (κ3) is 7.32. The average molecular weight is 921 g/mol. The molecule has 4 aromatic carbocycles. The summed E-state index contributed by atoms with van der Waals surface area (Å²) in [6.07, 6.45) is 9.85. The van der Waals surface area contributed by atoms with Crippen molar-refractivity contribution < 1.29 is 33.1 Å². The monoisotopic (exact) mass is 920 g/mol. The molecule has 0 saturated heterocycles. The van der Waals surface area contributed by atoms with Crippen molar-refractivity contribution in [3.63, 3.8) is 0 Å². The Morgan fingerprint density at radius 3 is 2.05 bits per heavy atom. The molecule has 0 amide bonds. The third-order valence-electron chi connectivity index (χ3n) is 10.8. The number of aromatic nitrogens is 5. The second kappa shape index (κ2) is 16.2. The summed E-state index contributed by atoms with van der Waals surface area (Å²) >= 11 is 0. The molecular weight excluding hydrogens is 870 g/mol. The molecule has 6 nitrogen and oxygen atoms in total. The minimum atomic E-state index is -0.769. The minimum Gasteiger partial charge on any atom is -0.522 e. The van der Waals surface area contributed by atoms with Crippen LogP contribution in [0.5, 0.6) is 11.5 Å². The molecule has 0 atom stereocenters. The molecule has 7 heteroatoms. The Morgan fingerprint density at radius 1 is 0.714 bits per heavy atom. The van der Waals surface area contributed by atoms with Crippen molar-refractivity contribution in [2.45, 2.75) is 91.4 Å². The van der Waals surface area contributed by atoms with Gasteiger partial charge in [0.1, 0.15) is 5.82 Å². The van der Waals surface area contributed by atoms with Gasteiger partial charge < -0.3 is 9.30 Å². The Morgan fingerprint density at radius 2 is 1.36 bits per heavy atom. The Labute approximate surface area is 348 Å². The van der Waals surface area contributed by atoms with Gasteiger partial charge in [-0.1, -0.05) is 109 Å². The van der Waals surface area contributed by atoms with Gasteiger partial charge in [-0.2, -0.15) is 18.2 Å². The molecule has 0 fully saturated rings. The molecule has 8 aromatic rings. The molecule has 0 saturated carbocycles. The van der Waals surface area contributed by atoms with Gasteiger partial charge >= 0.3 is 0 Å². The molecule has 0 aliphatic carbocycles. The molecule has 56 heavy (non-hydrogen) atoms. The van der Waals surface area contributed by atoms with E-state index in [1.54, 1.807) is 12.3 Å². The van der Waals surface area contributed by atoms with E-state index in [1.807, 2.05) is 39.6 Å². The van der Waals surface area contributed by atoms with E-state index >= 15 is 0 Å². The molecular formula is C49H49N5OPt-2. The van der Waals surface area contributed by atoms with Crippen LogP contribution in [0.25, 0.3) is 50.2 Å². The van der Waals surface area contributed by atoms with Gasteiger partial charge in [0.2, 0.25) is 0 Å². The van der Waals surface area contributed by atoms with Gasteiger partial charge in [0.25, 0.3) is 6.33 Å². The van der Waals surface area contributed by atoms with Crippen molar-refractivity contribution in [2.24, 2.45) is 0 Å². The fourth-order valence-electron chi connectivity index (χ4n) is 7.70. The van der Waals surface area contributed by atoms with Crippen LogP contribution in [0.1, 0.15) is 105 Å². The molecule has 0 spiro atoms. The number of benzene rings is 4. The van der Waals surface area contributed by atoms with Crippen molar-refractivity contribution in [1.29, 1.82) is 0 Å². The predicted molar refractivity (Wildman–Crippen MR) is 223 cm³/mol. The van der Waals surface area contributed by atoms with E-state index in [9.17, 15) is 2.74 Å². The van der Waals surface area contributed by atoms with Crippen LogP contribution in [0.2, 0.25) is 0 Å². The number of fused-ring (bicyclic) bond motifs is 4. The predicted octanol–water partition coefficient (Wildman–Crippen LogP) is 12.1. The summed E-state index contributed by atoms with van der Waals surface area (Å²) in [6.45, 7) is 14.9. The topological polar surface area (TPSA) is 48.8 Å². The smallest absolute Gasteiger partial charge is 0.269 e. The van der Waals surface area contributed by atoms with Gasteiger partial charge in [-0.3, -0.25) is 14.1 Å². The summed E-state index contributed by atoms with van der Waals surface area (Å²) in [5.41, 5.74) is 7.60. The number of ether oxygens (including phenoxy) is 1. The average Bonchev–Trinajstić information content (AvgIpc) is 3.79.